The van der Waals surface area contributed by atoms with Crippen LogP contribution in [0.2, 0.25) is 0 Å². The van der Waals surface area contributed by atoms with Gasteiger partial charge in [-0.1, -0.05) is 34.6 Å². The van der Waals surface area contributed by atoms with Crippen molar-refractivity contribution in [1.82, 2.24) is 19.6 Å². The third kappa shape index (κ3) is 4.65. The molecule has 6 nitrogen and oxygen atoms in total. The predicted octanol–water partition coefficient (Wildman–Crippen LogP) is 5.26. The highest BCUT2D eigenvalue weighted by atomic mass is 16.2. The highest BCUT2D eigenvalue weighted by Crippen LogP contribution is 2.29. The van der Waals surface area contributed by atoms with Crippen LogP contribution in [0.5, 0.6) is 0 Å². The number of amides is 1. The molecule has 0 saturated carbocycles. The minimum absolute atomic E-state index is 0.103. The Kier molecular flexibility index (Phi) is 5.58. The fraction of sp³-hybridized carbons (Fsp3) is 0.682. The molecule has 0 bridgehead atoms. The monoisotopic (exact) mass is 387 g/mol. The lowest BCUT2D eigenvalue weighted by Gasteiger charge is -2.23. The fourth-order valence-electron chi connectivity index (χ4n) is 2.98. The number of carbonyl (C=O) groups excluding carboxylic acids is 1. The van der Waals surface area contributed by atoms with E-state index in [-0.39, 0.29) is 28.3 Å². The molecule has 1 N–H and O–H groups in total. The van der Waals surface area contributed by atoms with E-state index in [4.69, 9.17) is 5.10 Å². The maximum absolute atomic E-state index is 13.0. The molecule has 2 aromatic heterocycles. The average Bonchev–Trinajstić information content (AvgIpc) is 3.09. The number of nitrogens with zero attached hydrogens (tertiary/aromatic N) is 4. The van der Waals surface area contributed by atoms with Crippen molar-refractivity contribution in [3.63, 3.8) is 0 Å². The van der Waals surface area contributed by atoms with Gasteiger partial charge in [0.15, 0.2) is 5.69 Å². The van der Waals surface area contributed by atoms with Crippen molar-refractivity contribution in [1.29, 1.82) is 0 Å². The van der Waals surface area contributed by atoms with Crippen molar-refractivity contribution in [2.75, 3.05) is 5.32 Å². The third-order valence-corrected chi connectivity index (χ3v) is 4.55. The third-order valence-electron chi connectivity index (χ3n) is 4.55. The molecule has 6 heteroatoms. The first kappa shape index (κ1) is 22.2. The van der Waals surface area contributed by atoms with E-state index < -0.39 is 0 Å². The molecule has 0 atom stereocenters. The Morgan fingerprint density at radius 3 is 1.82 bits per heavy atom. The second-order valence-corrected chi connectivity index (χ2v) is 10.9. The van der Waals surface area contributed by atoms with Gasteiger partial charge >= 0.3 is 0 Å². The van der Waals surface area contributed by atoms with Gasteiger partial charge in [0.2, 0.25) is 0 Å². The van der Waals surface area contributed by atoms with Gasteiger partial charge in [0.25, 0.3) is 5.91 Å². The van der Waals surface area contributed by atoms with Crippen molar-refractivity contribution >= 4 is 11.7 Å². The standard InChI is InChI=1S/C22H37N5O/c1-14(2)16-12-15(24-26(16)21(6,7)8)19(28)23-18-13-17(20(3,4)5)25-27(18)22(9,10)11/h12-14H,1-11H3,(H,23,28). The number of aromatic nitrogens is 4. The molecule has 0 aromatic carbocycles. The van der Waals surface area contributed by atoms with Gasteiger partial charge in [-0.2, -0.15) is 10.2 Å². The van der Waals surface area contributed by atoms with E-state index in [1.54, 1.807) is 0 Å². The summed E-state index contributed by atoms with van der Waals surface area (Å²) in [5, 5.41) is 12.4. The lowest BCUT2D eigenvalue weighted by molar-refractivity contribution is 0.101. The second kappa shape index (κ2) is 7.05. The molecule has 2 aromatic rings. The van der Waals surface area contributed by atoms with Gasteiger partial charge in [-0.3, -0.25) is 9.48 Å². The highest BCUT2D eigenvalue weighted by molar-refractivity contribution is 6.02. The van der Waals surface area contributed by atoms with E-state index in [2.05, 4.69) is 86.6 Å². The van der Waals surface area contributed by atoms with Crippen LogP contribution in [0.4, 0.5) is 5.82 Å². The molecule has 0 spiro atoms. The SMILES string of the molecule is CC(C)c1cc(C(=O)Nc2cc(C(C)(C)C)nn2C(C)(C)C)nn1C(C)(C)C. The van der Waals surface area contributed by atoms with Gasteiger partial charge in [0, 0.05) is 17.2 Å². The minimum Gasteiger partial charge on any atom is -0.305 e. The summed E-state index contributed by atoms with van der Waals surface area (Å²) < 4.78 is 3.84. The molecular formula is C22H37N5O. The van der Waals surface area contributed by atoms with Crippen molar-refractivity contribution in [2.45, 2.75) is 98.6 Å². The van der Waals surface area contributed by atoms with Crippen LogP contribution in [0.25, 0.3) is 0 Å². The van der Waals surface area contributed by atoms with Crippen molar-refractivity contribution in [2.24, 2.45) is 0 Å². The van der Waals surface area contributed by atoms with Crippen LogP contribution >= 0.6 is 0 Å². The average molecular weight is 388 g/mol. The first-order valence-corrected chi connectivity index (χ1v) is 10.0. The summed E-state index contributed by atoms with van der Waals surface area (Å²) in [5.74, 6) is 0.760. The van der Waals surface area contributed by atoms with E-state index in [1.165, 1.54) is 0 Å². The molecule has 0 saturated heterocycles. The van der Waals surface area contributed by atoms with Gasteiger partial charge in [-0.25, -0.2) is 4.68 Å². The lowest BCUT2D eigenvalue weighted by Crippen LogP contribution is -2.28. The Bertz CT molecular complexity index is 851. The number of carbonyl (C=O) groups is 1. The summed E-state index contributed by atoms with van der Waals surface area (Å²) in [4.78, 5) is 13.0. The number of rotatable bonds is 3. The largest absolute Gasteiger partial charge is 0.305 e. The zero-order valence-electron chi connectivity index (χ0n) is 19.4. The van der Waals surface area contributed by atoms with Crippen LogP contribution in [0, 0.1) is 0 Å². The molecule has 1 amide bonds. The van der Waals surface area contributed by atoms with Gasteiger partial charge in [0.1, 0.15) is 5.82 Å². The predicted molar refractivity (Wildman–Crippen MR) is 115 cm³/mol. The smallest absolute Gasteiger partial charge is 0.277 e. The molecule has 2 rings (SSSR count). The molecule has 2 heterocycles. The molecule has 0 fully saturated rings. The zero-order valence-corrected chi connectivity index (χ0v) is 19.4. The van der Waals surface area contributed by atoms with E-state index in [1.807, 2.05) is 21.5 Å². The van der Waals surface area contributed by atoms with Crippen molar-refractivity contribution in [3.8, 4) is 0 Å². The van der Waals surface area contributed by atoms with Crippen molar-refractivity contribution in [3.05, 3.63) is 29.2 Å². The number of anilines is 1. The Morgan fingerprint density at radius 2 is 1.43 bits per heavy atom. The van der Waals surface area contributed by atoms with Gasteiger partial charge < -0.3 is 5.32 Å². The molecule has 0 unspecified atom stereocenters. The van der Waals surface area contributed by atoms with E-state index in [0.29, 0.717) is 11.5 Å². The first-order chi connectivity index (χ1) is 12.5. The molecule has 0 aliphatic rings. The van der Waals surface area contributed by atoms with Gasteiger partial charge in [0.05, 0.1) is 16.8 Å². The van der Waals surface area contributed by atoms with Crippen molar-refractivity contribution < 1.29 is 4.79 Å². The summed E-state index contributed by atoms with van der Waals surface area (Å²) in [6.45, 7) is 23.1. The molecule has 0 aliphatic heterocycles. The molecule has 156 valence electrons. The fourth-order valence-corrected chi connectivity index (χ4v) is 2.98. The van der Waals surface area contributed by atoms with Crippen LogP contribution in [0.3, 0.4) is 0 Å². The summed E-state index contributed by atoms with van der Waals surface area (Å²) in [6, 6.07) is 3.86. The molecule has 28 heavy (non-hydrogen) atoms. The Balaban J connectivity index is 2.44. The Hall–Kier alpha value is -2.11. The Morgan fingerprint density at radius 1 is 0.893 bits per heavy atom. The highest BCUT2D eigenvalue weighted by Gasteiger charge is 2.28. The van der Waals surface area contributed by atoms with Crippen LogP contribution < -0.4 is 5.32 Å². The number of hydrogen-bond donors (Lipinski definition) is 1. The second-order valence-electron chi connectivity index (χ2n) is 10.9. The van der Waals surface area contributed by atoms with Crippen LogP contribution in [-0.2, 0) is 16.5 Å². The van der Waals surface area contributed by atoms with Gasteiger partial charge in [-0.05, 0) is 53.5 Å². The molecule has 0 aliphatic carbocycles. The van der Waals surface area contributed by atoms with Crippen LogP contribution in [0.1, 0.15) is 104 Å². The summed E-state index contributed by atoms with van der Waals surface area (Å²) in [5.41, 5.74) is 1.88. The maximum Gasteiger partial charge on any atom is 0.277 e. The minimum atomic E-state index is -0.250. The van der Waals surface area contributed by atoms with Gasteiger partial charge in [-0.15, -0.1) is 0 Å². The Labute approximate surface area is 169 Å². The number of nitrogens with one attached hydrogen (secondary N) is 1. The number of hydrogen-bond acceptors (Lipinski definition) is 3. The lowest BCUT2D eigenvalue weighted by atomic mass is 9.92. The maximum atomic E-state index is 13.0. The van der Waals surface area contributed by atoms with E-state index in [0.717, 1.165) is 11.4 Å². The quantitative estimate of drug-likeness (QED) is 0.781. The van der Waals surface area contributed by atoms with E-state index in [9.17, 15) is 4.79 Å². The molecular weight excluding hydrogens is 350 g/mol. The van der Waals surface area contributed by atoms with Crippen LogP contribution in [-0.4, -0.2) is 25.5 Å². The summed E-state index contributed by atoms with van der Waals surface area (Å²) >= 11 is 0. The summed E-state index contributed by atoms with van der Waals surface area (Å²) in [7, 11) is 0. The summed E-state index contributed by atoms with van der Waals surface area (Å²) in [6.07, 6.45) is 0. The van der Waals surface area contributed by atoms with Crippen LogP contribution in [0.15, 0.2) is 12.1 Å². The normalized spacial score (nSPS) is 13.3. The van der Waals surface area contributed by atoms with E-state index >= 15 is 0 Å². The topological polar surface area (TPSA) is 64.7 Å². The first-order valence-electron chi connectivity index (χ1n) is 10.0. The molecule has 0 radical (unpaired) electrons. The zero-order chi connectivity index (χ0) is 21.7.